The molecule has 0 saturated heterocycles. The fraction of sp³-hybridized carbons (Fsp3) is 0.250. The fourth-order valence-electron chi connectivity index (χ4n) is 2.89. The predicted octanol–water partition coefficient (Wildman–Crippen LogP) is 5.07. The maximum atomic E-state index is 4.32. The van der Waals surface area contributed by atoms with E-state index in [9.17, 15) is 0 Å². The summed E-state index contributed by atoms with van der Waals surface area (Å²) in [5.41, 5.74) is 3.95. The lowest BCUT2D eigenvalue weighted by Crippen LogP contribution is -2.08. The number of allylic oxidation sites excluding steroid dienone is 9. The molecule has 3 rings (SSSR count). The first-order chi connectivity index (χ1) is 10.3. The number of aromatic nitrogens is 1. The van der Waals surface area contributed by atoms with E-state index in [0.717, 1.165) is 0 Å². The first-order valence-electron chi connectivity index (χ1n) is 7.61. The minimum atomic E-state index is 0.344. The molecule has 106 valence electrons. The predicted molar refractivity (Wildman–Crippen MR) is 89.8 cm³/mol. The smallest absolute Gasteiger partial charge is 0.0312 e. The Morgan fingerprint density at radius 3 is 2.76 bits per heavy atom. The van der Waals surface area contributed by atoms with Gasteiger partial charge < -0.3 is 0 Å². The van der Waals surface area contributed by atoms with E-state index in [1.807, 2.05) is 12.4 Å². The Labute approximate surface area is 127 Å². The van der Waals surface area contributed by atoms with Crippen LogP contribution in [0.5, 0.6) is 0 Å². The van der Waals surface area contributed by atoms with Gasteiger partial charge >= 0.3 is 0 Å². The van der Waals surface area contributed by atoms with Gasteiger partial charge in [0.15, 0.2) is 0 Å². The highest BCUT2D eigenvalue weighted by Gasteiger charge is 2.20. The highest BCUT2D eigenvalue weighted by Crippen LogP contribution is 2.34. The van der Waals surface area contributed by atoms with E-state index in [-0.39, 0.29) is 0 Å². The number of fused-ring (bicyclic) bond motifs is 1. The van der Waals surface area contributed by atoms with E-state index in [0.29, 0.717) is 17.8 Å². The standard InChI is InChI=1S/C20H21N/c1-15(2)16-7-5-8-17(11-10-16)19-9-4-3-6-18-12-13-21-14-20(18)19/h3-15,17,19H,1-2H3. The van der Waals surface area contributed by atoms with Crippen LogP contribution in [0.2, 0.25) is 0 Å². The van der Waals surface area contributed by atoms with Crippen molar-refractivity contribution < 1.29 is 0 Å². The van der Waals surface area contributed by atoms with Crippen LogP contribution in [-0.4, -0.2) is 4.98 Å². The van der Waals surface area contributed by atoms with Crippen LogP contribution in [0.15, 0.2) is 72.6 Å². The molecule has 0 aromatic carbocycles. The third-order valence-corrected chi connectivity index (χ3v) is 4.17. The monoisotopic (exact) mass is 275 g/mol. The average molecular weight is 275 g/mol. The molecule has 2 aliphatic rings. The summed E-state index contributed by atoms with van der Waals surface area (Å²) in [5, 5.41) is 0. The minimum absolute atomic E-state index is 0.344. The lowest BCUT2D eigenvalue weighted by molar-refractivity contribution is 0.702. The molecule has 0 amide bonds. The average Bonchev–Trinajstić information content (AvgIpc) is 2.85. The van der Waals surface area contributed by atoms with E-state index in [4.69, 9.17) is 0 Å². The normalized spacial score (nSPS) is 23.7. The summed E-state index contributed by atoms with van der Waals surface area (Å²) in [6.07, 6.45) is 23.9. The van der Waals surface area contributed by atoms with Gasteiger partial charge in [-0.05, 0) is 28.7 Å². The van der Waals surface area contributed by atoms with Crippen LogP contribution in [-0.2, 0) is 0 Å². The van der Waals surface area contributed by atoms with Gasteiger partial charge in [-0.15, -0.1) is 0 Å². The summed E-state index contributed by atoms with van der Waals surface area (Å²) >= 11 is 0. The van der Waals surface area contributed by atoms with E-state index < -0.39 is 0 Å². The van der Waals surface area contributed by atoms with Crippen molar-refractivity contribution in [2.24, 2.45) is 11.8 Å². The summed E-state index contributed by atoms with van der Waals surface area (Å²) in [4.78, 5) is 4.32. The zero-order valence-electron chi connectivity index (χ0n) is 12.6. The third-order valence-electron chi connectivity index (χ3n) is 4.17. The van der Waals surface area contributed by atoms with Crippen LogP contribution in [0.4, 0.5) is 0 Å². The zero-order valence-corrected chi connectivity index (χ0v) is 12.6. The van der Waals surface area contributed by atoms with E-state index in [1.54, 1.807) is 0 Å². The molecule has 0 N–H and O–H groups in total. The van der Waals surface area contributed by atoms with Gasteiger partial charge in [0.05, 0.1) is 0 Å². The number of rotatable bonds is 2. The van der Waals surface area contributed by atoms with Crippen molar-refractivity contribution in [3.05, 3.63) is 83.8 Å². The van der Waals surface area contributed by atoms with E-state index in [2.05, 4.69) is 79.6 Å². The van der Waals surface area contributed by atoms with Crippen molar-refractivity contribution in [2.45, 2.75) is 19.8 Å². The van der Waals surface area contributed by atoms with Gasteiger partial charge in [-0.2, -0.15) is 0 Å². The summed E-state index contributed by atoms with van der Waals surface area (Å²) in [5.74, 6) is 1.28. The van der Waals surface area contributed by atoms with Crippen molar-refractivity contribution in [1.29, 1.82) is 0 Å². The molecule has 1 nitrogen and oxygen atoms in total. The second kappa shape index (κ2) is 6.09. The van der Waals surface area contributed by atoms with Gasteiger partial charge in [0.25, 0.3) is 0 Å². The molecule has 2 atom stereocenters. The molecule has 2 unspecified atom stereocenters. The molecule has 2 aliphatic carbocycles. The minimum Gasteiger partial charge on any atom is -0.264 e. The largest absolute Gasteiger partial charge is 0.264 e. The summed E-state index contributed by atoms with van der Waals surface area (Å²) in [6.45, 7) is 4.47. The second-order valence-corrected chi connectivity index (χ2v) is 5.92. The van der Waals surface area contributed by atoms with Gasteiger partial charge in [0.2, 0.25) is 0 Å². The number of nitrogens with zero attached hydrogens (tertiary/aromatic N) is 1. The van der Waals surface area contributed by atoms with Gasteiger partial charge in [-0.1, -0.05) is 68.5 Å². The molecule has 0 spiro atoms. The highest BCUT2D eigenvalue weighted by molar-refractivity contribution is 5.58. The van der Waals surface area contributed by atoms with Crippen molar-refractivity contribution in [3.8, 4) is 0 Å². The Morgan fingerprint density at radius 1 is 1.00 bits per heavy atom. The third kappa shape index (κ3) is 2.97. The van der Waals surface area contributed by atoms with Crippen molar-refractivity contribution >= 4 is 6.08 Å². The Kier molecular flexibility index (Phi) is 4.01. The summed E-state index contributed by atoms with van der Waals surface area (Å²) in [6, 6.07) is 2.09. The molecule has 0 saturated carbocycles. The first-order valence-corrected chi connectivity index (χ1v) is 7.61. The number of hydrogen-bond donors (Lipinski definition) is 0. The van der Waals surface area contributed by atoms with Crippen LogP contribution in [0.3, 0.4) is 0 Å². The Bertz CT molecular complexity index is 656. The highest BCUT2D eigenvalue weighted by atomic mass is 14.6. The molecule has 1 heterocycles. The topological polar surface area (TPSA) is 12.9 Å². The van der Waals surface area contributed by atoms with Crippen LogP contribution in [0.25, 0.3) is 6.08 Å². The summed E-state index contributed by atoms with van der Waals surface area (Å²) in [7, 11) is 0. The van der Waals surface area contributed by atoms with Gasteiger partial charge in [-0.25, -0.2) is 0 Å². The molecule has 0 fully saturated rings. The first kappa shape index (κ1) is 13.8. The SMILES string of the molecule is CC(C)C1=CC=CC(C2C=CC=Cc3ccncc32)C=C1. The van der Waals surface area contributed by atoms with E-state index in [1.165, 1.54) is 16.7 Å². The zero-order chi connectivity index (χ0) is 14.7. The lowest BCUT2D eigenvalue weighted by atomic mass is 9.84. The quantitative estimate of drug-likeness (QED) is 0.734. The molecular formula is C20H21N. The van der Waals surface area contributed by atoms with Crippen LogP contribution in [0.1, 0.15) is 30.9 Å². The van der Waals surface area contributed by atoms with Crippen LogP contribution < -0.4 is 0 Å². The molecule has 21 heavy (non-hydrogen) atoms. The summed E-state index contributed by atoms with van der Waals surface area (Å²) < 4.78 is 0. The van der Waals surface area contributed by atoms with E-state index >= 15 is 0 Å². The molecule has 1 aromatic heterocycles. The molecule has 0 aliphatic heterocycles. The van der Waals surface area contributed by atoms with Crippen molar-refractivity contribution in [3.63, 3.8) is 0 Å². The molecule has 1 aromatic rings. The fourth-order valence-corrected chi connectivity index (χ4v) is 2.89. The van der Waals surface area contributed by atoms with Crippen molar-refractivity contribution in [2.75, 3.05) is 0 Å². The van der Waals surface area contributed by atoms with Gasteiger partial charge in [-0.3, -0.25) is 4.98 Å². The molecule has 1 heteroatoms. The maximum absolute atomic E-state index is 4.32. The van der Waals surface area contributed by atoms with Gasteiger partial charge in [0, 0.05) is 24.2 Å². The molecule has 0 radical (unpaired) electrons. The lowest BCUT2D eigenvalue weighted by Gasteiger charge is -2.20. The second-order valence-electron chi connectivity index (χ2n) is 5.92. The molecule has 0 bridgehead atoms. The maximum Gasteiger partial charge on any atom is 0.0312 e. The van der Waals surface area contributed by atoms with Crippen LogP contribution >= 0.6 is 0 Å². The Morgan fingerprint density at radius 2 is 1.90 bits per heavy atom. The molecular weight excluding hydrogens is 254 g/mol. The van der Waals surface area contributed by atoms with Crippen molar-refractivity contribution in [1.82, 2.24) is 4.98 Å². The number of hydrogen-bond acceptors (Lipinski definition) is 1. The van der Waals surface area contributed by atoms with Gasteiger partial charge in [0.1, 0.15) is 0 Å². The van der Waals surface area contributed by atoms with Crippen LogP contribution in [0, 0.1) is 11.8 Å². The number of pyridine rings is 1. The Hall–Kier alpha value is -2.15. The Balaban J connectivity index is 1.94.